The lowest BCUT2D eigenvalue weighted by atomic mass is 10.1. The van der Waals surface area contributed by atoms with Crippen molar-refractivity contribution in [2.45, 2.75) is 52.8 Å². The smallest absolute Gasteiger partial charge is 0.338 e. The van der Waals surface area contributed by atoms with E-state index in [0.29, 0.717) is 16.2 Å². The van der Waals surface area contributed by atoms with Crippen molar-refractivity contribution in [2.24, 2.45) is 0 Å². The van der Waals surface area contributed by atoms with Gasteiger partial charge in [-0.2, -0.15) is 0 Å². The molecular formula is C19H23ClN2O3. The third-order valence-electron chi connectivity index (χ3n) is 3.89. The van der Waals surface area contributed by atoms with Crippen LogP contribution in [0.25, 0.3) is 10.9 Å². The normalized spacial score (nSPS) is 12.5. The summed E-state index contributed by atoms with van der Waals surface area (Å²) in [6.07, 6.45) is -0.851. The Morgan fingerprint density at radius 1 is 1.04 bits per heavy atom. The third-order valence-corrected chi connectivity index (χ3v) is 4.10. The molecule has 0 spiro atoms. The van der Waals surface area contributed by atoms with E-state index in [-0.39, 0.29) is 18.0 Å². The zero-order valence-electron chi connectivity index (χ0n) is 15.1. The summed E-state index contributed by atoms with van der Waals surface area (Å²) in [5.74, 6) is -0.738. The second-order valence-electron chi connectivity index (χ2n) is 6.52. The van der Waals surface area contributed by atoms with Gasteiger partial charge in [0.15, 0.2) is 6.10 Å². The molecule has 6 heteroatoms. The van der Waals surface area contributed by atoms with Gasteiger partial charge in [-0.15, -0.1) is 0 Å². The van der Waals surface area contributed by atoms with Crippen LogP contribution in [0, 0.1) is 0 Å². The Morgan fingerprint density at radius 3 is 2.28 bits per heavy atom. The summed E-state index contributed by atoms with van der Waals surface area (Å²) < 4.78 is 5.38. The molecule has 0 saturated carbocycles. The molecule has 2 aromatic rings. The molecule has 0 radical (unpaired) electrons. The van der Waals surface area contributed by atoms with Gasteiger partial charge in [-0.05, 0) is 65.0 Å². The first-order chi connectivity index (χ1) is 11.7. The second-order valence-corrected chi connectivity index (χ2v) is 6.91. The van der Waals surface area contributed by atoms with E-state index >= 15 is 0 Å². The summed E-state index contributed by atoms with van der Waals surface area (Å²) in [4.78, 5) is 30.9. The molecule has 1 unspecified atom stereocenters. The van der Waals surface area contributed by atoms with Gasteiger partial charge in [0.1, 0.15) is 5.15 Å². The van der Waals surface area contributed by atoms with Crippen LogP contribution in [0.4, 0.5) is 0 Å². The Kier molecular flexibility index (Phi) is 6.01. The van der Waals surface area contributed by atoms with E-state index in [4.69, 9.17) is 16.3 Å². The molecule has 2 rings (SSSR count). The number of pyridine rings is 1. The van der Waals surface area contributed by atoms with E-state index in [9.17, 15) is 9.59 Å². The molecule has 1 aromatic heterocycles. The minimum Gasteiger partial charge on any atom is -0.449 e. The zero-order chi connectivity index (χ0) is 18.7. The van der Waals surface area contributed by atoms with Crippen LogP contribution in [0.3, 0.4) is 0 Å². The van der Waals surface area contributed by atoms with Crippen LogP contribution < -0.4 is 0 Å². The minimum atomic E-state index is -0.851. The fraction of sp³-hybridized carbons (Fsp3) is 0.421. The van der Waals surface area contributed by atoms with Crippen LogP contribution in [-0.4, -0.2) is 39.9 Å². The number of hydrogen-bond donors (Lipinski definition) is 0. The number of benzene rings is 1. The Bertz CT molecular complexity index is 781. The molecule has 1 amide bonds. The van der Waals surface area contributed by atoms with E-state index in [1.54, 1.807) is 42.2 Å². The van der Waals surface area contributed by atoms with Crippen LogP contribution in [0.15, 0.2) is 30.3 Å². The monoisotopic (exact) mass is 362 g/mol. The highest BCUT2D eigenvalue weighted by Gasteiger charge is 2.28. The molecule has 134 valence electrons. The number of hydrogen-bond acceptors (Lipinski definition) is 4. The summed E-state index contributed by atoms with van der Waals surface area (Å²) in [7, 11) is 0. The van der Waals surface area contributed by atoms with Gasteiger partial charge in [0.2, 0.25) is 0 Å². The summed E-state index contributed by atoms with van der Waals surface area (Å²) >= 11 is 5.86. The molecule has 1 heterocycles. The van der Waals surface area contributed by atoms with Gasteiger partial charge in [-0.3, -0.25) is 4.79 Å². The lowest BCUT2D eigenvalue weighted by Gasteiger charge is -2.32. The Hall–Kier alpha value is -2.14. The molecule has 25 heavy (non-hydrogen) atoms. The average molecular weight is 363 g/mol. The van der Waals surface area contributed by atoms with Crippen LogP contribution in [-0.2, 0) is 9.53 Å². The molecule has 0 aliphatic rings. The number of carbonyl (C=O) groups is 2. The first-order valence-corrected chi connectivity index (χ1v) is 8.68. The van der Waals surface area contributed by atoms with Gasteiger partial charge in [0.25, 0.3) is 5.91 Å². The molecule has 0 bridgehead atoms. The van der Waals surface area contributed by atoms with Gasteiger partial charge in [-0.25, -0.2) is 9.78 Å². The minimum absolute atomic E-state index is 0.0325. The lowest BCUT2D eigenvalue weighted by Crippen LogP contribution is -2.47. The number of fused-ring (bicyclic) bond motifs is 1. The van der Waals surface area contributed by atoms with Crippen molar-refractivity contribution in [2.75, 3.05) is 0 Å². The summed E-state index contributed by atoms with van der Waals surface area (Å²) in [6, 6.07) is 8.52. The number of aromatic nitrogens is 1. The van der Waals surface area contributed by atoms with E-state index in [1.165, 1.54) is 0 Å². The number of esters is 1. The molecule has 1 atom stereocenters. The van der Waals surface area contributed by atoms with Gasteiger partial charge < -0.3 is 9.64 Å². The Morgan fingerprint density at radius 2 is 1.68 bits per heavy atom. The second kappa shape index (κ2) is 7.83. The van der Waals surface area contributed by atoms with Crippen molar-refractivity contribution in [3.63, 3.8) is 0 Å². The van der Waals surface area contributed by atoms with Gasteiger partial charge in [-0.1, -0.05) is 11.6 Å². The number of amides is 1. The van der Waals surface area contributed by atoms with E-state index in [0.717, 1.165) is 5.39 Å². The molecule has 1 aromatic carbocycles. The van der Waals surface area contributed by atoms with Crippen molar-refractivity contribution in [3.05, 3.63) is 41.0 Å². The maximum Gasteiger partial charge on any atom is 0.338 e. The van der Waals surface area contributed by atoms with E-state index < -0.39 is 12.1 Å². The molecular weight excluding hydrogens is 340 g/mol. The maximum absolute atomic E-state index is 12.6. The number of rotatable bonds is 5. The molecule has 0 N–H and O–H groups in total. The first kappa shape index (κ1) is 19.2. The highest BCUT2D eigenvalue weighted by Crippen LogP contribution is 2.18. The summed E-state index contributed by atoms with van der Waals surface area (Å²) in [5, 5.41) is 1.17. The fourth-order valence-corrected chi connectivity index (χ4v) is 2.98. The highest BCUT2D eigenvalue weighted by atomic mass is 35.5. The lowest BCUT2D eigenvalue weighted by molar-refractivity contribution is -0.143. The van der Waals surface area contributed by atoms with Crippen LogP contribution in [0.1, 0.15) is 45.0 Å². The van der Waals surface area contributed by atoms with Crippen molar-refractivity contribution >= 4 is 34.4 Å². The van der Waals surface area contributed by atoms with Crippen molar-refractivity contribution in [1.82, 2.24) is 9.88 Å². The van der Waals surface area contributed by atoms with Crippen molar-refractivity contribution < 1.29 is 14.3 Å². The standard InChI is InChI=1S/C19H23ClN2O3/c1-11(2)22(12(3)4)18(23)13(5)25-19(24)15-6-8-16-14(10-15)7-9-17(20)21-16/h6-13H,1-5H3. The van der Waals surface area contributed by atoms with Crippen molar-refractivity contribution in [1.29, 1.82) is 0 Å². The zero-order valence-corrected chi connectivity index (χ0v) is 15.9. The largest absolute Gasteiger partial charge is 0.449 e. The van der Waals surface area contributed by atoms with E-state index in [1.807, 2.05) is 27.7 Å². The number of ether oxygens (including phenoxy) is 1. The molecule has 0 aliphatic carbocycles. The predicted molar refractivity (Wildman–Crippen MR) is 98.7 cm³/mol. The average Bonchev–Trinajstić information content (AvgIpc) is 2.53. The quantitative estimate of drug-likeness (QED) is 0.594. The summed E-state index contributed by atoms with van der Waals surface area (Å²) in [6.45, 7) is 9.35. The van der Waals surface area contributed by atoms with Crippen molar-refractivity contribution in [3.8, 4) is 0 Å². The number of nitrogens with zero attached hydrogens (tertiary/aromatic N) is 2. The molecule has 0 aliphatic heterocycles. The fourth-order valence-electron chi connectivity index (χ4n) is 2.82. The predicted octanol–water partition coefficient (Wildman–Crippen LogP) is 4.08. The highest BCUT2D eigenvalue weighted by molar-refractivity contribution is 6.29. The number of carbonyl (C=O) groups excluding carboxylic acids is 2. The van der Waals surface area contributed by atoms with Crippen LogP contribution in [0.2, 0.25) is 5.15 Å². The van der Waals surface area contributed by atoms with Gasteiger partial charge in [0, 0.05) is 17.5 Å². The topological polar surface area (TPSA) is 59.5 Å². The molecule has 0 fully saturated rings. The van der Waals surface area contributed by atoms with Gasteiger partial charge >= 0.3 is 5.97 Å². The SMILES string of the molecule is CC(OC(=O)c1ccc2nc(Cl)ccc2c1)C(=O)N(C(C)C)C(C)C. The van der Waals surface area contributed by atoms with Crippen LogP contribution >= 0.6 is 11.6 Å². The summed E-state index contributed by atoms with van der Waals surface area (Å²) in [5.41, 5.74) is 1.07. The third kappa shape index (κ3) is 4.48. The maximum atomic E-state index is 12.6. The number of halogens is 1. The first-order valence-electron chi connectivity index (χ1n) is 8.30. The van der Waals surface area contributed by atoms with E-state index in [2.05, 4.69) is 4.98 Å². The molecule has 0 saturated heterocycles. The van der Waals surface area contributed by atoms with Gasteiger partial charge in [0.05, 0.1) is 11.1 Å². The Labute approximate surface area is 152 Å². The Balaban J connectivity index is 2.15. The van der Waals surface area contributed by atoms with Crippen LogP contribution in [0.5, 0.6) is 0 Å². The molecule has 5 nitrogen and oxygen atoms in total.